The van der Waals surface area contributed by atoms with E-state index in [4.69, 9.17) is 4.74 Å². The maximum Gasteiger partial charge on any atom is 0.231 e. The van der Waals surface area contributed by atoms with Gasteiger partial charge >= 0.3 is 0 Å². The number of carbonyl (C=O) groups is 1. The molecular formula is C18H19NO2. The average molecular weight is 281 g/mol. The van der Waals surface area contributed by atoms with Gasteiger partial charge in [0.1, 0.15) is 11.9 Å². The predicted octanol–water partition coefficient (Wildman–Crippen LogP) is 3.43. The Bertz CT molecular complexity index is 624. The number of benzene rings is 2. The third-order valence-electron chi connectivity index (χ3n) is 3.79. The standard InChI is InChI=1S/C18H19NO2/c1-2-15-13-19(16-10-6-7-11-17(16)21-15)18(20)12-14-8-4-3-5-9-14/h3-11,15H,2,12-13H2,1H3. The third-order valence-corrected chi connectivity index (χ3v) is 3.79. The van der Waals surface area contributed by atoms with Gasteiger partial charge in [-0.25, -0.2) is 0 Å². The lowest BCUT2D eigenvalue weighted by Gasteiger charge is -2.34. The zero-order valence-corrected chi connectivity index (χ0v) is 12.2. The molecule has 3 nitrogen and oxygen atoms in total. The number of carbonyl (C=O) groups excluding carboxylic acids is 1. The molecule has 0 spiro atoms. The van der Waals surface area contributed by atoms with E-state index in [9.17, 15) is 4.79 Å². The highest BCUT2D eigenvalue weighted by atomic mass is 16.5. The highest BCUT2D eigenvalue weighted by Crippen LogP contribution is 2.34. The first kappa shape index (κ1) is 13.7. The first-order chi connectivity index (χ1) is 10.3. The summed E-state index contributed by atoms with van der Waals surface area (Å²) >= 11 is 0. The Kier molecular flexibility index (Phi) is 3.91. The highest BCUT2D eigenvalue weighted by Gasteiger charge is 2.28. The van der Waals surface area contributed by atoms with Crippen LogP contribution in [0.15, 0.2) is 54.6 Å². The van der Waals surface area contributed by atoms with Crippen molar-refractivity contribution in [2.45, 2.75) is 25.9 Å². The number of anilines is 1. The van der Waals surface area contributed by atoms with E-state index in [-0.39, 0.29) is 12.0 Å². The Labute approximate surface area is 125 Å². The van der Waals surface area contributed by atoms with Gasteiger partial charge < -0.3 is 9.64 Å². The molecule has 21 heavy (non-hydrogen) atoms. The van der Waals surface area contributed by atoms with Crippen LogP contribution in [0.4, 0.5) is 5.69 Å². The topological polar surface area (TPSA) is 29.5 Å². The Morgan fingerprint density at radius 1 is 1.14 bits per heavy atom. The second-order valence-corrected chi connectivity index (χ2v) is 5.28. The minimum Gasteiger partial charge on any atom is -0.486 e. The van der Waals surface area contributed by atoms with Crippen LogP contribution in [0.1, 0.15) is 18.9 Å². The second kappa shape index (κ2) is 6.00. The van der Waals surface area contributed by atoms with E-state index in [1.54, 1.807) is 0 Å². The molecular weight excluding hydrogens is 262 g/mol. The van der Waals surface area contributed by atoms with Crippen molar-refractivity contribution in [3.05, 3.63) is 60.2 Å². The number of nitrogens with zero attached hydrogens (tertiary/aromatic N) is 1. The molecule has 1 atom stereocenters. The van der Waals surface area contributed by atoms with Gasteiger partial charge in [-0.3, -0.25) is 4.79 Å². The molecule has 0 N–H and O–H groups in total. The van der Waals surface area contributed by atoms with Crippen LogP contribution in [0.25, 0.3) is 0 Å². The third kappa shape index (κ3) is 2.92. The molecule has 1 amide bonds. The molecule has 0 radical (unpaired) electrons. The normalized spacial score (nSPS) is 17.0. The van der Waals surface area contributed by atoms with Crippen molar-refractivity contribution in [3.63, 3.8) is 0 Å². The molecule has 1 aliphatic heterocycles. The van der Waals surface area contributed by atoms with E-state index in [0.29, 0.717) is 13.0 Å². The van der Waals surface area contributed by atoms with E-state index in [1.807, 2.05) is 59.5 Å². The van der Waals surface area contributed by atoms with Crippen molar-refractivity contribution in [2.24, 2.45) is 0 Å². The van der Waals surface area contributed by atoms with Gasteiger partial charge in [-0.15, -0.1) is 0 Å². The fourth-order valence-corrected chi connectivity index (χ4v) is 2.61. The zero-order chi connectivity index (χ0) is 14.7. The minimum absolute atomic E-state index is 0.0691. The van der Waals surface area contributed by atoms with E-state index in [0.717, 1.165) is 23.4 Å². The van der Waals surface area contributed by atoms with E-state index in [1.165, 1.54) is 0 Å². The van der Waals surface area contributed by atoms with Crippen molar-refractivity contribution in [2.75, 3.05) is 11.4 Å². The van der Waals surface area contributed by atoms with Gasteiger partial charge in [-0.2, -0.15) is 0 Å². The number of para-hydroxylation sites is 2. The summed E-state index contributed by atoms with van der Waals surface area (Å²) in [5.74, 6) is 0.924. The summed E-state index contributed by atoms with van der Waals surface area (Å²) in [6.07, 6.45) is 1.38. The number of fused-ring (bicyclic) bond motifs is 1. The van der Waals surface area contributed by atoms with Gasteiger partial charge in [0, 0.05) is 0 Å². The van der Waals surface area contributed by atoms with Crippen LogP contribution in [0.5, 0.6) is 5.75 Å². The van der Waals surface area contributed by atoms with Crippen LogP contribution in [-0.4, -0.2) is 18.6 Å². The fourth-order valence-electron chi connectivity index (χ4n) is 2.61. The van der Waals surface area contributed by atoms with Crippen LogP contribution >= 0.6 is 0 Å². The lowest BCUT2D eigenvalue weighted by atomic mass is 10.1. The Balaban J connectivity index is 1.85. The smallest absolute Gasteiger partial charge is 0.231 e. The molecule has 3 heteroatoms. The quantitative estimate of drug-likeness (QED) is 0.862. The summed E-state index contributed by atoms with van der Waals surface area (Å²) in [7, 11) is 0. The molecule has 0 aromatic heterocycles. The van der Waals surface area contributed by atoms with Gasteiger partial charge in [0.25, 0.3) is 0 Å². The lowest BCUT2D eigenvalue weighted by Crippen LogP contribution is -2.44. The van der Waals surface area contributed by atoms with Crippen LogP contribution in [-0.2, 0) is 11.2 Å². The van der Waals surface area contributed by atoms with Gasteiger partial charge in [-0.05, 0) is 24.1 Å². The molecule has 1 unspecified atom stereocenters. The molecule has 0 saturated heterocycles. The first-order valence-corrected chi connectivity index (χ1v) is 7.38. The molecule has 108 valence electrons. The Hall–Kier alpha value is -2.29. The Morgan fingerprint density at radius 2 is 1.86 bits per heavy atom. The molecule has 0 fully saturated rings. The summed E-state index contributed by atoms with van der Waals surface area (Å²) in [6.45, 7) is 2.71. The summed E-state index contributed by atoms with van der Waals surface area (Å²) < 4.78 is 5.92. The molecule has 1 aliphatic rings. The maximum atomic E-state index is 12.7. The molecule has 1 heterocycles. The SMILES string of the molecule is CCC1CN(C(=O)Cc2ccccc2)c2ccccc2O1. The fraction of sp³-hybridized carbons (Fsp3) is 0.278. The molecule has 2 aromatic carbocycles. The first-order valence-electron chi connectivity index (χ1n) is 7.38. The number of rotatable bonds is 3. The summed E-state index contributed by atoms with van der Waals surface area (Å²) in [4.78, 5) is 14.5. The van der Waals surface area contributed by atoms with Crippen LogP contribution in [0.2, 0.25) is 0 Å². The van der Waals surface area contributed by atoms with Crippen LogP contribution < -0.4 is 9.64 Å². The van der Waals surface area contributed by atoms with Crippen LogP contribution in [0, 0.1) is 0 Å². The minimum atomic E-state index is 0.0691. The van der Waals surface area contributed by atoms with Gasteiger partial charge in [-0.1, -0.05) is 49.4 Å². The van der Waals surface area contributed by atoms with Gasteiger partial charge in [0.2, 0.25) is 5.91 Å². The molecule has 0 bridgehead atoms. The van der Waals surface area contributed by atoms with Crippen molar-refractivity contribution in [3.8, 4) is 5.75 Å². The van der Waals surface area contributed by atoms with Crippen molar-refractivity contribution in [1.29, 1.82) is 0 Å². The molecule has 3 rings (SSSR count). The highest BCUT2D eigenvalue weighted by molar-refractivity contribution is 5.96. The Morgan fingerprint density at radius 3 is 2.62 bits per heavy atom. The van der Waals surface area contributed by atoms with Gasteiger partial charge in [0.05, 0.1) is 18.7 Å². The van der Waals surface area contributed by atoms with E-state index in [2.05, 4.69) is 6.92 Å². The van der Waals surface area contributed by atoms with Crippen molar-refractivity contribution in [1.82, 2.24) is 0 Å². The maximum absolute atomic E-state index is 12.7. The number of hydrogen-bond donors (Lipinski definition) is 0. The summed E-state index contributed by atoms with van der Waals surface area (Å²) in [5.41, 5.74) is 1.92. The number of amides is 1. The average Bonchev–Trinajstić information content (AvgIpc) is 2.54. The monoisotopic (exact) mass is 281 g/mol. The van der Waals surface area contributed by atoms with E-state index < -0.39 is 0 Å². The lowest BCUT2D eigenvalue weighted by molar-refractivity contribution is -0.118. The summed E-state index contributed by atoms with van der Waals surface area (Å²) in [6, 6.07) is 17.6. The molecule has 2 aromatic rings. The van der Waals surface area contributed by atoms with Crippen molar-refractivity contribution >= 4 is 11.6 Å². The number of hydrogen-bond acceptors (Lipinski definition) is 2. The van der Waals surface area contributed by atoms with Crippen molar-refractivity contribution < 1.29 is 9.53 Å². The largest absolute Gasteiger partial charge is 0.486 e. The second-order valence-electron chi connectivity index (χ2n) is 5.28. The van der Waals surface area contributed by atoms with Crippen LogP contribution in [0.3, 0.4) is 0 Å². The zero-order valence-electron chi connectivity index (χ0n) is 12.2. The predicted molar refractivity (Wildman–Crippen MR) is 83.6 cm³/mol. The van der Waals surface area contributed by atoms with E-state index >= 15 is 0 Å². The summed E-state index contributed by atoms with van der Waals surface area (Å²) in [5, 5.41) is 0. The molecule has 0 saturated carbocycles. The van der Waals surface area contributed by atoms with Gasteiger partial charge in [0.15, 0.2) is 0 Å². The molecule has 0 aliphatic carbocycles. The number of ether oxygens (including phenoxy) is 1.